The van der Waals surface area contributed by atoms with Crippen molar-refractivity contribution >= 4 is 11.9 Å². The zero-order valence-corrected chi connectivity index (χ0v) is 12.8. The van der Waals surface area contributed by atoms with E-state index in [9.17, 15) is 9.59 Å². The van der Waals surface area contributed by atoms with Gasteiger partial charge in [-0.05, 0) is 38.5 Å². The number of rotatable bonds is 4. The predicted molar refractivity (Wildman–Crippen MR) is 78.0 cm³/mol. The second-order valence-electron chi connectivity index (χ2n) is 6.58. The first-order valence-corrected chi connectivity index (χ1v) is 7.78. The first kappa shape index (κ1) is 15.1. The van der Waals surface area contributed by atoms with Gasteiger partial charge in [0.25, 0.3) is 0 Å². The molecule has 5 nitrogen and oxygen atoms in total. The summed E-state index contributed by atoms with van der Waals surface area (Å²) in [4.78, 5) is 27.8. The average molecular weight is 281 g/mol. The van der Waals surface area contributed by atoms with Crippen LogP contribution in [0, 0.1) is 11.8 Å². The lowest BCUT2D eigenvalue weighted by molar-refractivity contribution is -0.140. The Balaban J connectivity index is 2.05. The Morgan fingerprint density at radius 1 is 1.20 bits per heavy atom. The normalized spacial score (nSPS) is 24.6. The van der Waals surface area contributed by atoms with Crippen molar-refractivity contribution in [3.05, 3.63) is 0 Å². The van der Waals surface area contributed by atoms with E-state index >= 15 is 0 Å². The Labute approximate surface area is 121 Å². The van der Waals surface area contributed by atoms with Crippen molar-refractivity contribution in [2.45, 2.75) is 58.5 Å². The molecule has 2 fully saturated rings. The van der Waals surface area contributed by atoms with E-state index in [2.05, 4.69) is 25.7 Å². The highest BCUT2D eigenvalue weighted by Gasteiger charge is 2.40. The smallest absolute Gasteiger partial charge is 0.314 e. The van der Waals surface area contributed by atoms with E-state index in [1.165, 1.54) is 0 Å². The molecular formula is C15H27N3O2. The largest absolute Gasteiger partial charge is 0.351 e. The Kier molecular flexibility index (Phi) is 4.55. The highest BCUT2D eigenvalue weighted by molar-refractivity contribution is 5.81. The van der Waals surface area contributed by atoms with Gasteiger partial charge in [0.1, 0.15) is 0 Å². The predicted octanol–water partition coefficient (Wildman–Crippen LogP) is 1.81. The summed E-state index contributed by atoms with van der Waals surface area (Å²) in [6.45, 7) is 7.62. The maximum atomic E-state index is 12.8. The summed E-state index contributed by atoms with van der Waals surface area (Å²) in [6.07, 6.45) is 3.98. The second-order valence-corrected chi connectivity index (χ2v) is 6.58. The molecule has 0 radical (unpaired) electrons. The highest BCUT2D eigenvalue weighted by atomic mass is 16.2. The Morgan fingerprint density at radius 2 is 1.85 bits per heavy atom. The van der Waals surface area contributed by atoms with Crippen LogP contribution in [-0.4, -0.2) is 46.9 Å². The molecule has 0 aromatic rings. The molecule has 2 unspecified atom stereocenters. The van der Waals surface area contributed by atoms with E-state index in [-0.39, 0.29) is 17.9 Å². The van der Waals surface area contributed by atoms with Crippen LogP contribution in [0.5, 0.6) is 0 Å². The molecule has 0 aromatic carbocycles. The minimum absolute atomic E-state index is 0.0713. The third-order valence-electron chi connectivity index (χ3n) is 4.68. The number of urea groups is 1. The van der Waals surface area contributed by atoms with Crippen LogP contribution in [0.3, 0.4) is 0 Å². The molecule has 3 amide bonds. The monoisotopic (exact) mass is 281 g/mol. The van der Waals surface area contributed by atoms with Crippen LogP contribution in [0.25, 0.3) is 0 Å². The molecule has 1 aliphatic heterocycles. The number of carbonyl (C=O) groups is 2. The third kappa shape index (κ3) is 3.25. The molecule has 2 N–H and O–H groups in total. The molecule has 0 aromatic heterocycles. The summed E-state index contributed by atoms with van der Waals surface area (Å²) < 4.78 is 0. The molecule has 0 bridgehead atoms. The van der Waals surface area contributed by atoms with Crippen molar-refractivity contribution in [1.82, 2.24) is 9.80 Å². The molecule has 1 heterocycles. The van der Waals surface area contributed by atoms with Gasteiger partial charge in [-0.15, -0.1) is 0 Å². The lowest BCUT2D eigenvalue weighted by Gasteiger charge is -2.38. The van der Waals surface area contributed by atoms with E-state index in [0.717, 1.165) is 25.7 Å². The minimum atomic E-state index is -0.405. The maximum Gasteiger partial charge on any atom is 0.314 e. The number of primary amides is 1. The third-order valence-corrected chi connectivity index (χ3v) is 4.68. The number of piperidine rings is 1. The molecule has 2 aliphatic rings. The van der Waals surface area contributed by atoms with E-state index in [0.29, 0.717) is 25.0 Å². The van der Waals surface area contributed by atoms with Crippen molar-refractivity contribution in [1.29, 1.82) is 0 Å². The second kappa shape index (κ2) is 6.02. The number of amides is 3. The quantitative estimate of drug-likeness (QED) is 0.854. The summed E-state index contributed by atoms with van der Waals surface area (Å²) >= 11 is 0. The van der Waals surface area contributed by atoms with Gasteiger partial charge in [0.2, 0.25) is 5.91 Å². The fourth-order valence-electron chi connectivity index (χ4n) is 2.98. The molecule has 1 saturated heterocycles. The molecule has 1 saturated carbocycles. The standard InChI is InChI=1S/C15H27N3O2/c1-10(2)11(3)18(13-6-7-13)14(19)12-5-4-8-17(9-12)15(16)20/h10-13H,4-9H2,1-3H3,(H2,16,20). The number of nitrogens with zero attached hydrogens (tertiary/aromatic N) is 2. The summed E-state index contributed by atoms with van der Waals surface area (Å²) in [5, 5.41) is 0. The van der Waals surface area contributed by atoms with Gasteiger partial charge < -0.3 is 15.5 Å². The van der Waals surface area contributed by atoms with Gasteiger partial charge >= 0.3 is 6.03 Å². The van der Waals surface area contributed by atoms with Crippen LogP contribution < -0.4 is 5.73 Å². The Morgan fingerprint density at radius 3 is 2.35 bits per heavy atom. The minimum Gasteiger partial charge on any atom is -0.351 e. The van der Waals surface area contributed by atoms with Gasteiger partial charge in [-0.1, -0.05) is 13.8 Å². The van der Waals surface area contributed by atoms with Crippen LogP contribution in [0.2, 0.25) is 0 Å². The fraction of sp³-hybridized carbons (Fsp3) is 0.867. The summed E-state index contributed by atoms with van der Waals surface area (Å²) in [5.41, 5.74) is 5.35. The van der Waals surface area contributed by atoms with E-state index in [4.69, 9.17) is 5.73 Å². The van der Waals surface area contributed by atoms with Crippen LogP contribution in [-0.2, 0) is 4.79 Å². The first-order chi connectivity index (χ1) is 9.41. The van der Waals surface area contributed by atoms with Gasteiger partial charge in [-0.3, -0.25) is 4.79 Å². The zero-order chi connectivity index (χ0) is 14.9. The number of likely N-dealkylation sites (tertiary alicyclic amines) is 1. The van der Waals surface area contributed by atoms with Gasteiger partial charge in [-0.25, -0.2) is 4.79 Å². The Bertz CT molecular complexity index is 379. The lowest BCUT2D eigenvalue weighted by atomic mass is 9.94. The van der Waals surface area contributed by atoms with Crippen LogP contribution >= 0.6 is 0 Å². The van der Waals surface area contributed by atoms with Crippen molar-refractivity contribution in [2.24, 2.45) is 17.6 Å². The molecule has 20 heavy (non-hydrogen) atoms. The SMILES string of the molecule is CC(C)C(C)N(C(=O)C1CCCN(C(N)=O)C1)C1CC1. The highest BCUT2D eigenvalue weighted by Crippen LogP contribution is 2.33. The summed E-state index contributed by atoms with van der Waals surface area (Å²) in [6, 6.07) is 0.278. The molecule has 114 valence electrons. The van der Waals surface area contributed by atoms with Crippen molar-refractivity contribution in [2.75, 3.05) is 13.1 Å². The van der Waals surface area contributed by atoms with Crippen molar-refractivity contribution in [3.8, 4) is 0 Å². The van der Waals surface area contributed by atoms with Gasteiger partial charge in [0, 0.05) is 25.2 Å². The molecule has 1 aliphatic carbocycles. The van der Waals surface area contributed by atoms with Crippen LogP contribution in [0.15, 0.2) is 0 Å². The van der Waals surface area contributed by atoms with E-state index in [1.54, 1.807) is 4.90 Å². The number of hydrogen-bond donors (Lipinski definition) is 1. The molecule has 2 atom stereocenters. The average Bonchev–Trinajstić information content (AvgIpc) is 3.23. The van der Waals surface area contributed by atoms with Crippen LogP contribution in [0.1, 0.15) is 46.5 Å². The first-order valence-electron chi connectivity index (χ1n) is 7.78. The summed E-state index contributed by atoms with van der Waals surface area (Å²) in [7, 11) is 0. The number of nitrogens with two attached hydrogens (primary N) is 1. The number of hydrogen-bond acceptors (Lipinski definition) is 2. The Hall–Kier alpha value is -1.26. The topological polar surface area (TPSA) is 66.6 Å². The molecule has 2 rings (SSSR count). The molecular weight excluding hydrogens is 254 g/mol. The summed E-state index contributed by atoms with van der Waals surface area (Å²) in [5.74, 6) is 0.605. The van der Waals surface area contributed by atoms with E-state index in [1.807, 2.05) is 0 Å². The van der Waals surface area contributed by atoms with Crippen LogP contribution in [0.4, 0.5) is 4.79 Å². The van der Waals surface area contributed by atoms with Crippen molar-refractivity contribution in [3.63, 3.8) is 0 Å². The zero-order valence-electron chi connectivity index (χ0n) is 12.8. The fourth-order valence-corrected chi connectivity index (χ4v) is 2.98. The maximum absolute atomic E-state index is 12.8. The van der Waals surface area contributed by atoms with Gasteiger partial charge in [0.15, 0.2) is 0 Å². The van der Waals surface area contributed by atoms with Gasteiger partial charge in [-0.2, -0.15) is 0 Å². The lowest BCUT2D eigenvalue weighted by Crippen LogP contribution is -2.51. The molecule has 0 spiro atoms. The van der Waals surface area contributed by atoms with E-state index < -0.39 is 6.03 Å². The number of carbonyl (C=O) groups excluding carboxylic acids is 2. The molecule has 5 heteroatoms. The van der Waals surface area contributed by atoms with Gasteiger partial charge in [0.05, 0.1) is 5.92 Å². The van der Waals surface area contributed by atoms with Crippen molar-refractivity contribution < 1.29 is 9.59 Å².